The molecular weight excluding hydrogens is 220 g/mol. The van der Waals surface area contributed by atoms with Gasteiger partial charge in [-0.1, -0.05) is 36.8 Å². The van der Waals surface area contributed by atoms with Gasteiger partial charge in [0, 0.05) is 12.6 Å². The molecule has 1 aliphatic carbocycles. The Labute approximate surface area is 111 Å². The standard InChI is InChI=1S/C16H26N2/c1-12-4-6-14(7-5-12)16(17)8-9-18(3)11-15-10-13(15)2/h4-7,13,15-16H,8-11,17H2,1-3H3. The van der Waals surface area contributed by atoms with Gasteiger partial charge in [-0.2, -0.15) is 0 Å². The number of hydrogen-bond acceptors (Lipinski definition) is 2. The van der Waals surface area contributed by atoms with Crippen molar-refractivity contribution < 1.29 is 0 Å². The van der Waals surface area contributed by atoms with Crippen LogP contribution in [0.5, 0.6) is 0 Å². The Kier molecular flexibility index (Phi) is 4.41. The summed E-state index contributed by atoms with van der Waals surface area (Å²) in [6.45, 7) is 6.79. The van der Waals surface area contributed by atoms with Crippen molar-refractivity contribution in [1.82, 2.24) is 4.90 Å². The quantitative estimate of drug-likeness (QED) is 0.836. The SMILES string of the molecule is Cc1ccc(C(N)CCN(C)CC2CC2C)cc1. The Hall–Kier alpha value is -0.860. The molecule has 0 radical (unpaired) electrons. The summed E-state index contributed by atoms with van der Waals surface area (Å²) in [5, 5.41) is 0. The van der Waals surface area contributed by atoms with Crippen LogP contribution in [-0.4, -0.2) is 25.0 Å². The highest BCUT2D eigenvalue weighted by atomic mass is 15.1. The molecule has 18 heavy (non-hydrogen) atoms. The van der Waals surface area contributed by atoms with Crippen molar-refractivity contribution in [3.05, 3.63) is 35.4 Å². The van der Waals surface area contributed by atoms with Crippen LogP contribution in [0.25, 0.3) is 0 Å². The number of rotatable bonds is 6. The summed E-state index contributed by atoms with van der Waals surface area (Å²) in [6.07, 6.45) is 2.45. The lowest BCUT2D eigenvalue weighted by Gasteiger charge is -2.19. The first-order chi connectivity index (χ1) is 8.56. The van der Waals surface area contributed by atoms with Gasteiger partial charge >= 0.3 is 0 Å². The van der Waals surface area contributed by atoms with E-state index >= 15 is 0 Å². The van der Waals surface area contributed by atoms with Crippen LogP contribution in [0.1, 0.15) is 36.9 Å². The molecule has 0 heterocycles. The molecule has 0 saturated heterocycles. The first-order valence-electron chi connectivity index (χ1n) is 7.07. The van der Waals surface area contributed by atoms with E-state index in [-0.39, 0.29) is 6.04 Å². The molecule has 1 aromatic carbocycles. The fraction of sp³-hybridized carbons (Fsp3) is 0.625. The van der Waals surface area contributed by atoms with Crippen molar-refractivity contribution in [2.24, 2.45) is 17.6 Å². The molecule has 2 nitrogen and oxygen atoms in total. The fourth-order valence-corrected chi connectivity index (χ4v) is 2.48. The van der Waals surface area contributed by atoms with E-state index in [1.807, 2.05) is 0 Å². The van der Waals surface area contributed by atoms with Gasteiger partial charge in [0.2, 0.25) is 0 Å². The zero-order valence-electron chi connectivity index (χ0n) is 11.9. The number of aryl methyl sites for hydroxylation is 1. The van der Waals surface area contributed by atoms with Crippen LogP contribution in [0.15, 0.2) is 24.3 Å². The minimum Gasteiger partial charge on any atom is -0.324 e. The first kappa shape index (κ1) is 13.6. The van der Waals surface area contributed by atoms with Gasteiger partial charge in [0.05, 0.1) is 0 Å². The summed E-state index contributed by atoms with van der Waals surface area (Å²) in [7, 11) is 2.22. The maximum Gasteiger partial charge on any atom is 0.0307 e. The molecule has 1 saturated carbocycles. The van der Waals surface area contributed by atoms with Gasteiger partial charge in [0.15, 0.2) is 0 Å². The van der Waals surface area contributed by atoms with E-state index in [0.29, 0.717) is 0 Å². The van der Waals surface area contributed by atoms with E-state index in [9.17, 15) is 0 Å². The van der Waals surface area contributed by atoms with E-state index in [2.05, 4.69) is 50.1 Å². The predicted octanol–water partition coefficient (Wildman–Crippen LogP) is 2.97. The molecule has 0 bridgehead atoms. The van der Waals surface area contributed by atoms with Crippen LogP contribution in [0.3, 0.4) is 0 Å². The highest BCUT2D eigenvalue weighted by Gasteiger charge is 2.32. The molecular formula is C16H26N2. The largest absolute Gasteiger partial charge is 0.324 e. The zero-order chi connectivity index (χ0) is 13.1. The van der Waals surface area contributed by atoms with Crippen LogP contribution in [0, 0.1) is 18.8 Å². The predicted molar refractivity (Wildman–Crippen MR) is 77.5 cm³/mol. The molecule has 0 aliphatic heterocycles. The molecule has 0 aromatic heterocycles. The van der Waals surface area contributed by atoms with Gasteiger partial charge < -0.3 is 10.6 Å². The first-order valence-corrected chi connectivity index (χ1v) is 7.07. The van der Waals surface area contributed by atoms with E-state index < -0.39 is 0 Å². The van der Waals surface area contributed by atoms with Gasteiger partial charge in [0.25, 0.3) is 0 Å². The molecule has 1 fully saturated rings. The van der Waals surface area contributed by atoms with Gasteiger partial charge in [-0.25, -0.2) is 0 Å². The van der Waals surface area contributed by atoms with Crippen LogP contribution >= 0.6 is 0 Å². The molecule has 2 N–H and O–H groups in total. The second-order valence-electron chi connectivity index (χ2n) is 6.04. The topological polar surface area (TPSA) is 29.3 Å². The lowest BCUT2D eigenvalue weighted by Crippen LogP contribution is -2.26. The minimum absolute atomic E-state index is 0.171. The fourth-order valence-electron chi connectivity index (χ4n) is 2.48. The highest BCUT2D eigenvalue weighted by Crippen LogP contribution is 2.37. The van der Waals surface area contributed by atoms with E-state index in [0.717, 1.165) is 24.8 Å². The van der Waals surface area contributed by atoms with Crippen molar-refractivity contribution in [3.8, 4) is 0 Å². The number of benzene rings is 1. The average Bonchev–Trinajstić information content (AvgIpc) is 3.02. The van der Waals surface area contributed by atoms with Crippen molar-refractivity contribution in [2.75, 3.05) is 20.1 Å². The third-order valence-corrected chi connectivity index (χ3v) is 4.15. The lowest BCUT2D eigenvalue weighted by atomic mass is 10.0. The van der Waals surface area contributed by atoms with Crippen molar-refractivity contribution in [1.29, 1.82) is 0 Å². The maximum absolute atomic E-state index is 6.24. The third-order valence-electron chi connectivity index (χ3n) is 4.15. The Morgan fingerprint density at radius 1 is 1.33 bits per heavy atom. The molecule has 1 aliphatic rings. The Morgan fingerprint density at radius 3 is 2.50 bits per heavy atom. The second-order valence-corrected chi connectivity index (χ2v) is 6.04. The van der Waals surface area contributed by atoms with Crippen molar-refractivity contribution in [2.45, 2.75) is 32.7 Å². The highest BCUT2D eigenvalue weighted by molar-refractivity contribution is 5.23. The van der Waals surface area contributed by atoms with Crippen LogP contribution in [0.2, 0.25) is 0 Å². The summed E-state index contributed by atoms with van der Waals surface area (Å²) >= 11 is 0. The average molecular weight is 246 g/mol. The van der Waals surface area contributed by atoms with Gasteiger partial charge in [-0.05, 0) is 50.8 Å². The lowest BCUT2D eigenvalue weighted by molar-refractivity contribution is 0.301. The number of nitrogens with two attached hydrogens (primary N) is 1. The van der Waals surface area contributed by atoms with E-state index in [1.165, 1.54) is 24.1 Å². The molecule has 100 valence electrons. The summed E-state index contributed by atoms with van der Waals surface area (Å²) < 4.78 is 0. The minimum atomic E-state index is 0.171. The Bertz CT molecular complexity index is 371. The van der Waals surface area contributed by atoms with E-state index in [1.54, 1.807) is 0 Å². The van der Waals surface area contributed by atoms with Gasteiger partial charge in [0.1, 0.15) is 0 Å². The summed E-state index contributed by atoms with van der Waals surface area (Å²) in [5.41, 5.74) is 8.80. The Balaban J connectivity index is 1.73. The molecule has 0 amide bonds. The molecule has 2 heteroatoms. The summed E-state index contributed by atoms with van der Waals surface area (Å²) in [6, 6.07) is 8.77. The van der Waals surface area contributed by atoms with Gasteiger partial charge in [-0.15, -0.1) is 0 Å². The van der Waals surface area contributed by atoms with Gasteiger partial charge in [-0.3, -0.25) is 0 Å². The monoisotopic (exact) mass is 246 g/mol. The molecule has 3 unspecified atom stereocenters. The van der Waals surface area contributed by atoms with Crippen molar-refractivity contribution >= 4 is 0 Å². The van der Waals surface area contributed by atoms with Crippen molar-refractivity contribution in [3.63, 3.8) is 0 Å². The van der Waals surface area contributed by atoms with Crippen LogP contribution in [0.4, 0.5) is 0 Å². The third kappa shape index (κ3) is 3.82. The Morgan fingerprint density at radius 2 is 1.94 bits per heavy atom. The molecule has 2 rings (SSSR count). The number of nitrogens with zero attached hydrogens (tertiary/aromatic N) is 1. The molecule has 3 atom stereocenters. The zero-order valence-corrected chi connectivity index (χ0v) is 11.9. The molecule has 0 spiro atoms. The summed E-state index contributed by atoms with van der Waals surface area (Å²) in [5.74, 6) is 1.88. The van der Waals surface area contributed by atoms with E-state index in [4.69, 9.17) is 5.73 Å². The smallest absolute Gasteiger partial charge is 0.0307 e. The van der Waals surface area contributed by atoms with Crippen LogP contribution < -0.4 is 5.73 Å². The van der Waals surface area contributed by atoms with Crippen LogP contribution in [-0.2, 0) is 0 Å². The normalized spacial score (nSPS) is 24.3. The molecule has 1 aromatic rings. The maximum atomic E-state index is 6.24. The number of hydrogen-bond donors (Lipinski definition) is 1. The summed E-state index contributed by atoms with van der Waals surface area (Å²) in [4.78, 5) is 2.43. The second kappa shape index (κ2) is 5.85.